The van der Waals surface area contributed by atoms with Crippen molar-refractivity contribution in [3.05, 3.63) is 69.3 Å². The molecule has 0 spiro atoms. The van der Waals surface area contributed by atoms with Gasteiger partial charge in [-0.15, -0.1) is 0 Å². The van der Waals surface area contributed by atoms with Gasteiger partial charge in [0, 0.05) is 28.5 Å². The lowest BCUT2D eigenvalue weighted by Crippen LogP contribution is -1.99. The van der Waals surface area contributed by atoms with Gasteiger partial charge in [-0.3, -0.25) is 9.59 Å². The number of allylic oxidation sites excluding steroid dienone is 3. The predicted octanol–water partition coefficient (Wildman–Crippen LogP) is 7.65. The highest BCUT2D eigenvalue weighted by atomic mass is 16.4. The smallest absolute Gasteiger partial charge is 0.307 e. The number of carboxylic acids is 2. The molecule has 0 radical (unpaired) electrons. The minimum absolute atomic E-state index is 0.118. The van der Waals surface area contributed by atoms with E-state index in [2.05, 4.69) is 63.6 Å². The van der Waals surface area contributed by atoms with Crippen molar-refractivity contribution in [3.8, 4) is 0 Å². The van der Waals surface area contributed by atoms with Crippen molar-refractivity contribution >= 4 is 56.3 Å². The van der Waals surface area contributed by atoms with Crippen LogP contribution >= 0.6 is 0 Å². The number of nitrogens with zero attached hydrogens (tertiary/aromatic N) is 2. The van der Waals surface area contributed by atoms with E-state index >= 15 is 0 Å². The molecular weight excluding hydrogens is 528 g/mol. The van der Waals surface area contributed by atoms with Crippen molar-refractivity contribution in [1.29, 1.82) is 0 Å². The number of aromatic amines is 2. The van der Waals surface area contributed by atoms with E-state index in [4.69, 9.17) is 9.97 Å². The van der Waals surface area contributed by atoms with Gasteiger partial charge in [0.2, 0.25) is 0 Å². The van der Waals surface area contributed by atoms with E-state index < -0.39 is 11.9 Å². The fourth-order valence-electron chi connectivity index (χ4n) is 6.36. The minimum Gasteiger partial charge on any atom is -0.481 e. The largest absolute Gasteiger partial charge is 0.481 e. The molecule has 2 aliphatic heterocycles. The lowest BCUT2D eigenvalue weighted by molar-refractivity contribution is -0.137. The molecule has 0 saturated heterocycles. The van der Waals surface area contributed by atoms with E-state index in [0.29, 0.717) is 22.5 Å². The summed E-state index contributed by atoms with van der Waals surface area (Å²) >= 11 is 0. The first kappa shape index (κ1) is 29.0. The SMILES string of the molecule is CCC1=C(C)c2cc3[nH]c(cc4nc(cc5[nH]c(cc1n2)c(C)c5CC)C(CC(=O)O)=C4CCC(=O)O)c(CC)c3C. The number of aliphatic carboxylic acids is 2. The van der Waals surface area contributed by atoms with Gasteiger partial charge in [-0.2, -0.15) is 0 Å². The first-order valence-electron chi connectivity index (χ1n) is 14.7. The summed E-state index contributed by atoms with van der Waals surface area (Å²) in [6.07, 6.45) is 2.24. The van der Waals surface area contributed by atoms with Crippen molar-refractivity contribution in [1.82, 2.24) is 19.9 Å². The monoisotopic (exact) mass is 566 g/mol. The maximum Gasteiger partial charge on any atom is 0.307 e. The number of carbonyl (C=O) groups is 2. The van der Waals surface area contributed by atoms with Crippen LogP contribution in [-0.2, 0) is 22.4 Å². The van der Waals surface area contributed by atoms with Crippen LogP contribution in [0.1, 0.15) is 98.4 Å². The Morgan fingerprint density at radius 3 is 1.62 bits per heavy atom. The zero-order chi connectivity index (χ0) is 30.3. The maximum atomic E-state index is 12.0. The highest BCUT2D eigenvalue weighted by Gasteiger charge is 2.24. The van der Waals surface area contributed by atoms with E-state index in [9.17, 15) is 19.8 Å². The number of hydrogen-bond donors (Lipinski definition) is 4. The standard InChI is InChI=1S/C34H38N4O4/c1-7-20-17(4)25-13-26-18(5)21(8-2)29(36-26)15-31-23(10-11-33(39)40)24(12-34(41)42)32(38-31)16-30-22(9-3)19(6)27(37-30)14-28(20)35-25/h13-16,36-37H,7-12H2,1-6H3,(H,39,40)(H,41,42). The molecule has 5 rings (SSSR count). The molecule has 0 atom stereocenters. The van der Waals surface area contributed by atoms with E-state index in [1.807, 2.05) is 12.1 Å². The van der Waals surface area contributed by atoms with Crippen LogP contribution in [0.4, 0.5) is 0 Å². The number of H-pyrrole nitrogens is 2. The summed E-state index contributed by atoms with van der Waals surface area (Å²) in [6.45, 7) is 12.7. The second-order valence-corrected chi connectivity index (χ2v) is 11.0. The summed E-state index contributed by atoms with van der Waals surface area (Å²) in [6, 6.07) is 8.08. The summed E-state index contributed by atoms with van der Waals surface area (Å²) in [4.78, 5) is 40.8. The van der Waals surface area contributed by atoms with Gasteiger partial charge >= 0.3 is 11.9 Å². The number of carboxylic acid groups (broad SMARTS) is 2. The molecule has 8 bridgehead atoms. The average Bonchev–Trinajstić information content (AvgIpc) is 3.60. The number of aromatic nitrogens is 4. The van der Waals surface area contributed by atoms with Crippen LogP contribution in [-0.4, -0.2) is 42.1 Å². The Labute approximate surface area is 245 Å². The summed E-state index contributed by atoms with van der Waals surface area (Å²) < 4.78 is 0. The molecule has 42 heavy (non-hydrogen) atoms. The van der Waals surface area contributed by atoms with Gasteiger partial charge in [-0.1, -0.05) is 20.8 Å². The molecule has 0 saturated carbocycles. The maximum absolute atomic E-state index is 12.0. The van der Waals surface area contributed by atoms with Crippen molar-refractivity contribution < 1.29 is 19.8 Å². The summed E-state index contributed by atoms with van der Waals surface area (Å²) in [5.74, 6) is -1.92. The number of nitrogens with one attached hydrogen (secondary N) is 2. The highest BCUT2D eigenvalue weighted by Crippen LogP contribution is 2.38. The number of fused-ring (bicyclic) bond motifs is 8. The van der Waals surface area contributed by atoms with Gasteiger partial charge in [0.05, 0.1) is 29.2 Å². The van der Waals surface area contributed by atoms with Gasteiger partial charge in [0.25, 0.3) is 0 Å². The van der Waals surface area contributed by atoms with Gasteiger partial charge < -0.3 is 20.2 Å². The Morgan fingerprint density at radius 1 is 0.643 bits per heavy atom. The quantitative estimate of drug-likeness (QED) is 0.221. The summed E-state index contributed by atoms with van der Waals surface area (Å²) in [5, 5.41) is 19.4. The second-order valence-electron chi connectivity index (χ2n) is 11.0. The Hall–Kier alpha value is -4.46. The number of hydrogen-bond acceptors (Lipinski definition) is 4. The average molecular weight is 567 g/mol. The molecule has 0 aliphatic carbocycles. The lowest BCUT2D eigenvalue weighted by atomic mass is 9.97. The molecule has 3 aromatic heterocycles. The van der Waals surface area contributed by atoms with E-state index in [-0.39, 0.29) is 19.3 Å². The van der Waals surface area contributed by atoms with Crippen molar-refractivity contribution in [2.24, 2.45) is 0 Å². The molecule has 3 aromatic rings. The molecule has 8 heteroatoms. The fraction of sp³-hybridized carbons (Fsp3) is 0.353. The Balaban J connectivity index is 1.97. The van der Waals surface area contributed by atoms with Gasteiger partial charge in [0.15, 0.2) is 0 Å². The Kier molecular flexibility index (Phi) is 7.91. The molecule has 2 aliphatic rings. The van der Waals surface area contributed by atoms with Crippen LogP contribution < -0.4 is 0 Å². The molecule has 218 valence electrons. The molecule has 8 nitrogen and oxygen atoms in total. The van der Waals surface area contributed by atoms with Crippen LogP contribution in [0, 0.1) is 13.8 Å². The van der Waals surface area contributed by atoms with Gasteiger partial charge in [0.1, 0.15) is 0 Å². The molecule has 0 unspecified atom stereocenters. The molecule has 0 amide bonds. The van der Waals surface area contributed by atoms with Crippen LogP contribution in [0.2, 0.25) is 0 Å². The third kappa shape index (κ3) is 5.17. The molecule has 0 aromatic carbocycles. The van der Waals surface area contributed by atoms with Gasteiger partial charge in [-0.05, 0) is 115 Å². The highest BCUT2D eigenvalue weighted by molar-refractivity contribution is 6.00. The normalized spacial score (nSPS) is 13.3. The van der Waals surface area contributed by atoms with E-state index in [0.717, 1.165) is 80.5 Å². The topological polar surface area (TPSA) is 132 Å². The third-order valence-electron chi connectivity index (χ3n) is 8.61. The van der Waals surface area contributed by atoms with Crippen LogP contribution in [0.25, 0.3) is 44.4 Å². The number of aryl methyl sites for hydroxylation is 4. The van der Waals surface area contributed by atoms with Crippen LogP contribution in [0.15, 0.2) is 24.3 Å². The van der Waals surface area contributed by atoms with E-state index in [1.165, 1.54) is 5.57 Å². The Bertz CT molecular complexity index is 1850. The molecule has 5 heterocycles. The molecular formula is C34H38N4O4. The third-order valence-corrected chi connectivity index (χ3v) is 8.61. The lowest BCUT2D eigenvalue weighted by Gasteiger charge is -2.05. The molecule has 4 N–H and O–H groups in total. The fourth-order valence-corrected chi connectivity index (χ4v) is 6.36. The summed E-state index contributed by atoms with van der Waals surface area (Å²) in [5.41, 5.74) is 14.8. The predicted molar refractivity (Wildman–Crippen MR) is 168 cm³/mol. The first-order chi connectivity index (χ1) is 20.1. The number of rotatable bonds is 8. The molecule has 0 fully saturated rings. The van der Waals surface area contributed by atoms with Crippen LogP contribution in [0.5, 0.6) is 0 Å². The van der Waals surface area contributed by atoms with E-state index in [1.54, 1.807) is 0 Å². The van der Waals surface area contributed by atoms with Crippen molar-refractivity contribution in [3.63, 3.8) is 0 Å². The zero-order valence-electron chi connectivity index (χ0n) is 25.2. The zero-order valence-corrected chi connectivity index (χ0v) is 25.2. The van der Waals surface area contributed by atoms with Crippen LogP contribution in [0.3, 0.4) is 0 Å². The van der Waals surface area contributed by atoms with Gasteiger partial charge in [-0.25, -0.2) is 9.97 Å². The van der Waals surface area contributed by atoms with Crippen molar-refractivity contribution in [2.45, 2.75) is 80.1 Å². The van der Waals surface area contributed by atoms with Crippen molar-refractivity contribution in [2.75, 3.05) is 0 Å². The second kappa shape index (κ2) is 11.4. The first-order valence-corrected chi connectivity index (χ1v) is 14.7. The Morgan fingerprint density at radius 2 is 1.12 bits per heavy atom. The minimum atomic E-state index is -0.986. The summed E-state index contributed by atoms with van der Waals surface area (Å²) in [7, 11) is 0.